The van der Waals surface area contributed by atoms with E-state index in [2.05, 4.69) is 10.1 Å². The zero-order valence-corrected chi connectivity index (χ0v) is 15.2. The third-order valence-electron chi connectivity index (χ3n) is 4.55. The van der Waals surface area contributed by atoms with E-state index in [-0.39, 0.29) is 4.90 Å². The summed E-state index contributed by atoms with van der Waals surface area (Å²) >= 11 is 0. The number of sulfonamides is 1. The first-order chi connectivity index (χ1) is 11.8. The summed E-state index contributed by atoms with van der Waals surface area (Å²) in [4.78, 5) is 4.37. The lowest BCUT2D eigenvalue weighted by Crippen LogP contribution is -2.35. The molecular formula is C17H19N5O2S. The van der Waals surface area contributed by atoms with E-state index in [9.17, 15) is 8.42 Å². The Hall–Kier alpha value is -2.50. The molecule has 0 saturated heterocycles. The van der Waals surface area contributed by atoms with E-state index in [1.807, 2.05) is 19.1 Å². The maximum Gasteiger partial charge on any atom is 0.246 e. The van der Waals surface area contributed by atoms with Crippen LogP contribution in [0, 0.1) is 25.2 Å². The minimum absolute atomic E-state index is 0.253. The summed E-state index contributed by atoms with van der Waals surface area (Å²) in [5.41, 5.74) is 4.01. The lowest BCUT2D eigenvalue weighted by atomic mass is 9.97. The fourth-order valence-corrected chi connectivity index (χ4v) is 4.50. The van der Waals surface area contributed by atoms with Gasteiger partial charge in [0.25, 0.3) is 0 Å². The number of rotatable bonds is 3. The fraction of sp³-hybridized carbons (Fsp3) is 0.353. The van der Waals surface area contributed by atoms with Crippen LogP contribution in [0.3, 0.4) is 0 Å². The maximum absolute atomic E-state index is 12.8. The molecule has 7 nitrogen and oxygen atoms in total. The van der Waals surface area contributed by atoms with Gasteiger partial charge in [-0.1, -0.05) is 6.08 Å². The SMILES string of the molecule is Cc1cc(C#N)ncc1C1=CCN(S(=O)(=O)c2cnn(C)c2C)CC1. The molecule has 0 bridgehead atoms. The summed E-state index contributed by atoms with van der Waals surface area (Å²) in [7, 11) is -1.83. The van der Waals surface area contributed by atoms with Gasteiger partial charge >= 0.3 is 0 Å². The van der Waals surface area contributed by atoms with Crippen molar-refractivity contribution in [2.24, 2.45) is 7.05 Å². The normalized spacial score (nSPS) is 15.7. The van der Waals surface area contributed by atoms with Crippen molar-refractivity contribution in [3.8, 4) is 6.07 Å². The Bertz CT molecular complexity index is 999. The Morgan fingerprint density at radius 3 is 2.56 bits per heavy atom. The standard InChI is InChI=1S/C17H19N5O2S/c1-12-8-15(9-18)19-10-16(12)14-4-6-22(7-5-14)25(23,24)17-11-20-21(3)13(17)2/h4,8,10-11H,5-7H2,1-3H3. The molecule has 2 aromatic heterocycles. The van der Waals surface area contributed by atoms with Crippen LogP contribution in [0.1, 0.15) is 28.9 Å². The summed E-state index contributed by atoms with van der Waals surface area (Å²) in [6, 6.07) is 3.77. The first-order valence-electron chi connectivity index (χ1n) is 7.89. The molecule has 1 aliphatic rings. The number of aromatic nitrogens is 3. The molecule has 0 spiro atoms. The van der Waals surface area contributed by atoms with Gasteiger partial charge in [-0.05, 0) is 43.0 Å². The average molecular weight is 357 g/mol. The number of hydrogen-bond acceptors (Lipinski definition) is 5. The molecule has 0 atom stereocenters. The Labute approximate surface area is 147 Å². The predicted molar refractivity (Wildman–Crippen MR) is 93.0 cm³/mol. The van der Waals surface area contributed by atoms with Crippen molar-refractivity contribution in [1.29, 1.82) is 5.26 Å². The van der Waals surface area contributed by atoms with Crippen molar-refractivity contribution in [1.82, 2.24) is 19.1 Å². The molecule has 0 fully saturated rings. The van der Waals surface area contributed by atoms with E-state index >= 15 is 0 Å². The van der Waals surface area contributed by atoms with E-state index in [1.54, 1.807) is 30.9 Å². The number of pyridine rings is 1. The molecule has 0 aliphatic carbocycles. The third-order valence-corrected chi connectivity index (χ3v) is 6.52. The first-order valence-corrected chi connectivity index (χ1v) is 9.33. The van der Waals surface area contributed by atoms with Crippen LogP contribution in [0.4, 0.5) is 0 Å². The zero-order valence-electron chi connectivity index (χ0n) is 14.4. The van der Waals surface area contributed by atoms with Crippen LogP contribution < -0.4 is 0 Å². The highest BCUT2D eigenvalue weighted by molar-refractivity contribution is 7.89. The van der Waals surface area contributed by atoms with Crippen molar-refractivity contribution in [2.45, 2.75) is 25.2 Å². The van der Waals surface area contributed by atoms with Gasteiger partial charge in [-0.2, -0.15) is 14.7 Å². The second-order valence-corrected chi connectivity index (χ2v) is 7.96. The fourth-order valence-electron chi connectivity index (χ4n) is 2.94. The maximum atomic E-state index is 12.8. The Morgan fingerprint density at radius 1 is 1.28 bits per heavy atom. The molecular weight excluding hydrogens is 338 g/mol. The highest BCUT2D eigenvalue weighted by Crippen LogP contribution is 2.28. The largest absolute Gasteiger partial charge is 0.272 e. The molecule has 0 saturated carbocycles. The van der Waals surface area contributed by atoms with Crippen molar-refractivity contribution in [3.63, 3.8) is 0 Å². The summed E-state index contributed by atoms with van der Waals surface area (Å²) < 4.78 is 28.6. The van der Waals surface area contributed by atoms with Crippen molar-refractivity contribution < 1.29 is 8.42 Å². The zero-order chi connectivity index (χ0) is 18.2. The van der Waals surface area contributed by atoms with Crippen molar-refractivity contribution in [3.05, 3.63) is 47.1 Å². The third kappa shape index (κ3) is 3.08. The highest BCUT2D eigenvalue weighted by Gasteiger charge is 2.29. The van der Waals surface area contributed by atoms with Gasteiger partial charge in [0, 0.05) is 26.3 Å². The second-order valence-electron chi connectivity index (χ2n) is 6.06. The molecule has 0 aromatic carbocycles. The number of nitrogens with zero attached hydrogens (tertiary/aromatic N) is 5. The molecule has 0 amide bonds. The van der Waals surface area contributed by atoms with Crippen LogP contribution in [-0.2, 0) is 17.1 Å². The topological polar surface area (TPSA) is 91.9 Å². The Balaban J connectivity index is 1.85. The minimum atomic E-state index is -3.55. The van der Waals surface area contributed by atoms with Gasteiger partial charge in [0.2, 0.25) is 10.0 Å². The quantitative estimate of drug-likeness (QED) is 0.835. The van der Waals surface area contributed by atoms with Crippen molar-refractivity contribution in [2.75, 3.05) is 13.1 Å². The molecule has 130 valence electrons. The van der Waals surface area contributed by atoms with E-state index in [1.165, 1.54) is 10.5 Å². The lowest BCUT2D eigenvalue weighted by Gasteiger charge is -2.26. The summed E-state index contributed by atoms with van der Waals surface area (Å²) in [6.45, 7) is 4.39. The van der Waals surface area contributed by atoms with Crippen molar-refractivity contribution >= 4 is 15.6 Å². The number of hydrogen-bond donors (Lipinski definition) is 0. The molecule has 0 N–H and O–H groups in total. The van der Waals surface area contributed by atoms with Crippen LogP contribution >= 0.6 is 0 Å². The molecule has 1 aliphatic heterocycles. The molecule has 8 heteroatoms. The van der Waals surface area contributed by atoms with Crippen LogP contribution in [0.5, 0.6) is 0 Å². The van der Waals surface area contributed by atoms with E-state index in [0.717, 1.165) is 16.7 Å². The van der Waals surface area contributed by atoms with Crippen LogP contribution in [0.2, 0.25) is 0 Å². The van der Waals surface area contributed by atoms with E-state index in [0.29, 0.717) is 30.9 Å². The molecule has 25 heavy (non-hydrogen) atoms. The van der Waals surface area contributed by atoms with E-state index in [4.69, 9.17) is 5.26 Å². The van der Waals surface area contributed by atoms with Gasteiger partial charge in [-0.25, -0.2) is 13.4 Å². The van der Waals surface area contributed by atoms with Crippen LogP contribution in [0.25, 0.3) is 5.57 Å². The minimum Gasteiger partial charge on any atom is -0.272 e. The van der Waals surface area contributed by atoms with Gasteiger partial charge in [0.05, 0.1) is 11.9 Å². The number of nitriles is 1. The molecule has 3 heterocycles. The predicted octanol–water partition coefficient (Wildman–Crippen LogP) is 1.78. The van der Waals surface area contributed by atoms with Gasteiger partial charge in [0.15, 0.2) is 0 Å². The van der Waals surface area contributed by atoms with Crippen LogP contribution in [-0.4, -0.2) is 40.6 Å². The molecule has 0 radical (unpaired) electrons. The van der Waals surface area contributed by atoms with Gasteiger partial charge in [-0.3, -0.25) is 4.68 Å². The Kier molecular flexibility index (Phi) is 4.45. The summed E-state index contributed by atoms with van der Waals surface area (Å²) in [5.74, 6) is 0. The van der Waals surface area contributed by atoms with Gasteiger partial charge < -0.3 is 0 Å². The average Bonchev–Trinajstić information content (AvgIpc) is 2.94. The summed E-state index contributed by atoms with van der Waals surface area (Å²) in [6.07, 6.45) is 5.61. The lowest BCUT2D eigenvalue weighted by molar-refractivity contribution is 0.440. The second kappa shape index (κ2) is 6.43. The van der Waals surface area contributed by atoms with Gasteiger partial charge in [-0.15, -0.1) is 0 Å². The number of aryl methyl sites for hydroxylation is 2. The Morgan fingerprint density at radius 2 is 2.04 bits per heavy atom. The highest BCUT2D eigenvalue weighted by atomic mass is 32.2. The molecule has 0 unspecified atom stereocenters. The van der Waals surface area contributed by atoms with Gasteiger partial charge in [0.1, 0.15) is 16.7 Å². The molecule has 2 aromatic rings. The van der Waals surface area contributed by atoms with Crippen LogP contribution in [0.15, 0.2) is 29.4 Å². The first kappa shape index (κ1) is 17.3. The summed E-state index contributed by atoms with van der Waals surface area (Å²) in [5, 5.41) is 12.9. The molecule has 3 rings (SSSR count). The monoisotopic (exact) mass is 357 g/mol. The smallest absolute Gasteiger partial charge is 0.246 e. The van der Waals surface area contributed by atoms with E-state index < -0.39 is 10.0 Å².